The van der Waals surface area contributed by atoms with Gasteiger partial charge in [0, 0.05) is 30.2 Å². The van der Waals surface area contributed by atoms with E-state index in [1.165, 1.54) is 5.56 Å². The lowest BCUT2D eigenvalue weighted by molar-refractivity contribution is 0.270. The molecule has 0 fully saturated rings. The van der Waals surface area contributed by atoms with Gasteiger partial charge >= 0.3 is 0 Å². The van der Waals surface area contributed by atoms with E-state index >= 15 is 0 Å². The molecule has 3 aromatic rings. The first-order valence-electron chi connectivity index (χ1n) is 7.94. The fourth-order valence-electron chi connectivity index (χ4n) is 3.02. The van der Waals surface area contributed by atoms with Crippen molar-refractivity contribution in [1.82, 2.24) is 4.98 Å². The number of thiophene rings is 1. The summed E-state index contributed by atoms with van der Waals surface area (Å²) < 4.78 is 6.71. The third-order valence-corrected chi connectivity index (χ3v) is 5.38. The normalized spacial score (nSPS) is 16.3. The first-order chi connectivity index (χ1) is 11.8. The van der Waals surface area contributed by atoms with Gasteiger partial charge in [-0.15, -0.1) is 11.3 Å². The van der Waals surface area contributed by atoms with Crippen molar-refractivity contribution in [3.63, 3.8) is 0 Å². The number of rotatable bonds is 4. The lowest BCUT2D eigenvalue weighted by Gasteiger charge is -2.27. The summed E-state index contributed by atoms with van der Waals surface area (Å²) in [6.07, 6.45) is 4.65. The molecule has 2 aromatic heterocycles. The van der Waals surface area contributed by atoms with Crippen LogP contribution in [0.15, 0.2) is 54.2 Å². The second-order valence-electron chi connectivity index (χ2n) is 5.85. The fraction of sp³-hybridized carbons (Fsp3) is 0.211. The van der Waals surface area contributed by atoms with Gasteiger partial charge in [0.1, 0.15) is 5.75 Å². The minimum atomic E-state index is 0.439. The number of hydrogen-bond acceptors (Lipinski definition) is 4. The van der Waals surface area contributed by atoms with E-state index in [4.69, 9.17) is 16.3 Å². The van der Waals surface area contributed by atoms with Crippen LogP contribution in [0.1, 0.15) is 17.9 Å². The lowest BCUT2D eigenvalue weighted by Crippen LogP contribution is -2.20. The molecule has 24 heavy (non-hydrogen) atoms. The number of halogens is 1. The highest BCUT2D eigenvalue weighted by molar-refractivity contribution is 7.14. The topological polar surface area (TPSA) is 34.1 Å². The summed E-state index contributed by atoms with van der Waals surface area (Å²) in [6, 6.07) is 12.4. The van der Waals surface area contributed by atoms with Crippen molar-refractivity contribution in [3.05, 3.63) is 64.1 Å². The summed E-state index contributed by atoms with van der Waals surface area (Å²) in [6.45, 7) is 1.63. The van der Waals surface area contributed by atoms with Gasteiger partial charge in [-0.2, -0.15) is 0 Å². The van der Waals surface area contributed by atoms with Crippen LogP contribution < -0.4 is 10.1 Å². The predicted molar refractivity (Wildman–Crippen MR) is 100 cm³/mol. The molecule has 5 heteroatoms. The highest BCUT2D eigenvalue weighted by atomic mass is 35.5. The minimum Gasteiger partial charge on any atom is -0.493 e. The Morgan fingerprint density at radius 1 is 1.25 bits per heavy atom. The summed E-state index contributed by atoms with van der Waals surface area (Å²) in [7, 11) is 0. The van der Waals surface area contributed by atoms with Gasteiger partial charge in [-0.05, 0) is 47.4 Å². The molecule has 1 N–H and O–H groups in total. The Bertz CT molecular complexity index is 834. The average molecular weight is 357 g/mol. The molecule has 0 amide bonds. The van der Waals surface area contributed by atoms with E-state index < -0.39 is 0 Å². The van der Waals surface area contributed by atoms with Crippen LogP contribution in [0.25, 0.3) is 11.1 Å². The van der Waals surface area contributed by atoms with Gasteiger partial charge in [0.25, 0.3) is 0 Å². The number of nitrogens with one attached hydrogen (secondary N) is 1. The number of anilines is 1. The molecule has 0 bridgehead atoms. The van der Waals surface area contributed by atoms with Crippen LogP contribution in [-0.2, 0) is 0 Å². The van der Waals surface area contributed by atoms with Gasteiger partial charge in [0.15, 0.2) is 0 Å². The Hall–Kier alpha value is -2.04. The predicted octanol–water partition coefficient (Wildman–Crippen LogP) is 5.44. The molecule has 0 saturated carbocycles. The average Bonchev–Trinajstić information content (AvgIpc) is 3.07. The first-order valence-corrected chi connectivity index (χ1v) is 9.20. The van der Waals surface area contributed by atoms with Crippen molar-refractivity contribution in [3.8, 4) is 16.9 Å². The van der Waals surface area contributed by atoms with E-state index in [1.54, 1.807) is 17.5 Å². The van der Waals surface area contributed by atoms with Crippen LogP contribution in [0.2, 0.25) is 4.34 Å². The minimum absolute atomic E-state index is 0.439. The molecule has 4 rings (SSSR count). The van der Waals surface area contributed by atoms with Crippen molar-refractivity contribution < 1.29 is 4.74 Å². The van der Waals surface area contributed by atoms with Gasteiger partial charge in [0.05, 0.1) is 16.6 Å². The molecule has 1 aliphatic rings. The van der Waals surface area contributed by atoms with E-state index in [1.807, 2.05) is 24.4 Å². The number of hydrogen-bond donors (Lipinski definition) is 1. The van der Waals surface area contributed by atoms with E-state index in [0.29, 0.717) is 5.92 Å². The maximum atomic E-state index is 6.05. The monoisotopic (exact) mass is 356 g/mol. The molecule has 0 saturated heterocycles. The van der Waals surface area contributed by atoms with Crippen LogP contribution in [0.3, 0.4) is 0 Å². The summed E-state index contributed by atoms with van der Waals surface area (Å²) in [5.74, 6) is 1.42. The molecule has 1 atom stereocenters. The number of pyridine rings is 1. The summed E-state index contributed by atoms with van der Waals surface area (Å²) in [4.78, 5) is 4.14. The van der Waals surface area contributed by atoms with E-state index in [-0.39, 0.29) is 0 Å². The van der Waals surface area contributed by atoms with Crippen LogP contribution in [0.4, 0.5) is 5.69 Å². The molecule has 0 spiro atoms. The zero-order chi connectivity index (χ0) is 16.4. The Balaban J connectivity index is 1.54. The standard InChI is InChI=1S/C19H17ClN2OS/c20-19-9-15(12-24-19)13-3-4-17-14(5-7-23-18(17)8-13)10-22-16-2-1-6-21-11-16/h1-4,6,8-9,11-12,14,22H,5,7,10H2/t14-/m1/s1. The molecule has 122 valence electrons. The molecule has 1 aliphatic heterocycles. The highest BCUT2D eigenvalue weighted by Gasteiger charge is 2.22. The molecular weight excluding hydrogens is 340 g/mol. The fourth-order valence-corrected chi connectivity index (χ4v) is 3.91. The molecule has 0 radical (unpaired) electrons. The second kappa shape index (κ2) is 6.83. The van der Waals surface area contributed by atoms with Crippen LogP contribution in [0, 0.1) is 0 Å². The summed E-state index contributed by atoms with van der Waals surface area (Å²) in [5.41, 5.74) is 4.61. The van der Waals surface area contributed by atoms with Crippen molar-refractivity contribution in [2.24, 2.45) is 0 Å². The Morgan fingerprint density at radius 2 is 2.21 bits per heavy atom. The zero-order valence-electron chi connectivity index (χ0n) is 13.0. The van der Waals surface area contributed by atoms with Gasteiger partial charge in [-0.1, -0.05) is 23.7 Å². The zero-order valence-corrected chi connectivity index (χ0v) is 14.6. The van der Waals surface area contributed by atoms with Crippen LogP contribution in [0.5, 0.6) is 5.75 Å². The number of ether oxygens (including phenoxy) is 1. The van der Waals surface area contributed by atoms with Gasteiger partial charge in [-0.25, -0.2) is 0 Å². The van der Waals surface area contributed by atoms with Gasteiger partial charge in [0.2, 0.25) is 0 Å². The molecule has 3 nitrogen and oxygen atoms in total. The van der Waals surface area contributed by atoms with E-state index in [0.717, 1.165) is 46.5 Å². The smallest absolute Gasteiger partial charge is 0.123 e. The number of benzene rings is 1. The van der Waals surface area contributed by atoms with Crippen molar-refractivity contribution in [2.75, 3.05) is 18.5 Å². The lowest BCUT2D eigenvalue weighted by atomic mass is 9.91. The molecule has 0 aliphatic carbocycles. The van der Waals surface area contributed by atoms with Crippen LogP contribution >= 0.6 is 22.9 Å². The number of fused-ring (bicyclic) bond motifs is 1. The van der Waals surface area contributed by atoms with E-state index in [2.05, 4.69) is 33.9 Å². The highest BCUT2D eigenvalue weighted by Crippen LogP contribution is 2.38. The molecule has 1 aromatic carbocycles. The van der Waals surface area contributed by atoms with E-state index in [9.17, 15) is 0 Å². The summed E-state index contributed by atoms with van der Waals surface area (Å²) in [5, 5.41) is 5.55. The Morgan fingerprint density at radius 3 is 3.00 bits per heavy atom. The maximum absolute atomic E-state index is 6.05. The van der Waals surface area contributed by atoms with Crippen molar-refractivity contribution >= 4 is 28.6 Å². The van der Waals surface area contributed by atoms with Crippen molar-refractivity contribution in [2.45, 2.75) is 12.3 Å². The SMILES string of the molecule is Clc1cc(-c2ccc3c(c2)OCC[C@@H]3CNc2cccnc2)cs1. The van der Waals surface area contributed by atoms with Gasteiger partial charge < -0.3 is 10.1 Å². The largest absolute Gasteiger partial charge is 0.493 e. The van der Waals surface area contributed by atoms with Gasteiger partial charge in [-0.3, -0.25) is 4.98 Å². The molecule has 3 heterocycles. The summed E-state index contributed by atoms with van der Waals surface area (Å²) >= 11 is 7.60. The maximum Gasteiger partial charge on any atom is 0.123 e. The Kier molecular flexibility index (Phi) is 4.41. The third-order valence-electron chi connectivity index (χ3n) is 4.29. The molecular formula is C19H17ClN2OS. The first kappa shape index (κ1) is 15.5. The van der Waals surface area contributed by atoms with Crippen LogP contribution in [-0.4, -0.2) is 18.1 Å². The molecule has 0 unspecified atom stereocenters. The van der Waals surface area contributed by atoms with Crippen molar-refractivity contribution in [1.29, 1.82) is 0 Å². The second-order valence-corrected chi connectivity index (χ2v) is 7.39. The Labute approximate surface area is 150 Å². The number of nitrogens with zero attached hydrogens (tertiary/aromatic N) is 1. The number of aromatic nitrogens is 1. The quantitative estimate of drug-likeness (QED) is 0.675. The third kappa shape index (κ3) is 3.25.